The van der Waals surface area contributed by atoms with Crippen molar-refractivity contribution in [1.29, 1.82) is 0 Å². The Morgan fingerprint density at radius 1 is 1.00 bits per heavy atom. The lowest BCUT2D eigenvalue weighted by Gasteiger charge is -2.38. The van der Waals surface area contributed by atoms with E-state index in [0.29, 0.717) is 12.3 Å². The van der Waals surface area contributed by atoms with Gasteiger partial charge in [-0.05, 0) is 67.8 Å². The summed E-state index contributed by atoms with van der Waals surface area (Å²) in [7, 11) is 2.03. The highest BCUT2D eigenvalue weighted by molar-refractivity contribution is 7.89. The van der Waals surface area contributed by atoms with Crippen LogP contribution in [0.5, 0.6) is 5.75 Å². The average Bonchev–Trinajstić information content (AvgIpc) is 3.16. The summed E-state index contributed by atoms with van der Waals surface area (Å²) in [6, 6.07) is 10.1. The second kappa shape index (κ2) is 9.62. The van der Waals surface area contributed by atoms with Gasteiger partial charge < -0.3 is 14.5 Å². The van der Waals surface area contributed by atoms with Gasteiger partial charge in [0.2, 0.25) is 10.0 Å². The van der Waals surface area contributed by atoms with E-state index in [1.807, 2.05) is 13.8 Å². The molecule has 180 valence electrons. The predicted molar refractivity (Wildman–Crippen MR) is 133 cm³/mol. The summed E-state index contributed by atoms with van der Waals surface area (Å²) in [4.78, 5) is 7.19. The third-order valence-corrected chi connectivity index (χ3v) is 8.58. The van der Waals surface area contributed by atoms with Crippen LogP contribution in [0.3, 0.4) is 0 Å². The summed E-state index contributed by atoms with van der Waals surface area (Å²) in [6.07, 6.45) is 1.03. The molecular formula is C25H36N4O3S. The van der Waals surface area contributed by atoms with Crippen LogP contribution in [0.4, 0.5) is 5.69 Å². The second-order valence-corrected chi connectivity index (χ2v) is 11.1. The summed E-state index contributed by atoms with van der Waals surface area (Å²) in [5.74, 6) is 0.377. The number of ether oxygens (including phenoxy) is 1. The number of fused-ring (bicyclic) bond motifs is 1. The van der Waals surface area contributed by atoms with Crippen molar-refractivity contribution in [1.82, 2.24) is 14.5 Å². The molecule has 2 aliphatic heterocycles. The quantitative estimate of drug-likeness (QED) is 0.668. The first-order valence-corrected chi connectivity index (χ1v) is 13.1. The van der Waals surface area contributed by atoms with Crippen LogP contribution in [0.1, 0.15) is 28.3 Å². The number of rotatable bonds is 7. The minimum Gasteiger partial charge on any atom is -0.495 e. The van der Waals surface area contributed by atoms with E-state index in [2.05, 4.69) is 51.7 Å². The molecule has 1 N–H and O–H groups in total. The molecular weight excluding hydrogens is 436 g/mol. The predicted octanol–water partition coefficient (Wildman–Crippen LogP) is 2.57. The number of nitrogens with one attached hydrogen (secondary N) is 1. The topological polar surface area (TPSA) is 65.1 Å². The molecule has 0 unspecified atom stereocenters. The van der Waals surface area contributed by atoms with E-state index in [0.717, 1.165) is 50.3 Å². The van der Waals surface area contributed by atoms with Gasteiger partial charge in [-0.15, -0.1) is 0 Å². The van der Waals surface area contributed by atoms with Crippen LogP contribution in [0, 0.1) is 13.8 Å². The maximum absolute atomic E-state index is 13.4. The smallest absolute Gasteiger partial charge is 0.244 e. The van der Waals surface area contributed by atoms with Gasteiger partial charge in [-0.1, -0.05) is 12.1 Å². The second-order valence-electron chi connectivity index (χ2n) is 9.35. The van der Waals surface area contributed by atoms with Crippen molar-refractivity contribution in [3.63, 3.8) is 0 Å². The molecule has 2 heterocycles. The molecule has 1 fully saturated rings. The summed E-state index contributed by atoms with van der Waals surface area (Å²) < 4.78 is 35.0. The normalized spacial score (nSPS) is 18.4. The monoisotopic (exact) mass is 472 g/mol. The Kier molecular flexibility index (Phi) is 7.00. The van der Waals surface area contributed by atoms with Crippen molar-refractivity contribution >= 4 is 15.7 Å². The van der Waals surface area contributed by atoms with Gasteiger partial charge in [0.1, 0.15) is 10.6 Å². The molecule has 7 nitrogen and oxygen atoms in total. The number of nitrogens with zero attached hydrogens (tertiary/aromatic N) is 3. The number of likely N-dealkylation sites (N-methyl/N-ethyl adjacent to an activating group) is 2. The van der Waals surface area contributed by atoms with Gasteiger partial charge in [-0.3, -0.25) is 4.90 Å². The van der Waals surface area contributed by atoms with Gasteiger partial charge in [0, 0.05) is 58.0 Å². The SMILES string of the molecule is COc1cc(C)c(C)cc1S(=O)(=O)NC[C@@H](c1ccc2c(c1)CCN2C)N1CCN(C)CC1. The maximum Gasteiger partial charge on any atom is 0.244 e. The third-order valence-electron chi connectivity index (χ3n) is 7.13. The number of hydrogen-bond donors (Lipinski definition) is 1. The Morgan fingerprint density at radius 2 is 1.70 bits per heavy atom. The lowest BCUT2D eigenvalue weighted by molar-refractivity contribution is 0.113. The van der Waals surface area contributed by atoms with Crippen molar-refractivity contribution in [2.24, 2.45) is 0 Å². The zero-order chi connectivity index (χ0) is 23.8. The Labute approximate surface area is 198 Å². The number of piperazine rings is 1. The fraction of sp³-hybridized carbons (Fsp3) is 0.520. The first-order chi connectivity index (χ1) is 15.7. The molecule has 0 bridgehead atoms. The minimum absolute atomic E-state index is 0.0257. The van der Waals surface area contributed by atoms with Crippen molar-refractivity contribution in [2.45, 2.75) is 31.2 Å². The first-order valence-electron chi connectivity index (χ1n) is 11.6. The molecule has 0 aliphatic carbocycles. The summed E-state index contributed by atoms with van der Waals surface area (Å²) >= 11 is 0. The van der Waals surface area contributed by atoms with Crippen LogP contribution in [0.25, 0.3) is 0 Å². The number of hydrogen-bond acceptors (Lipinski definition) is 6. The standard InChI is InChI=1S/C25H36N4O3S/c1-18-14-24(32-5)25(15-19(18)2)33(30,31)26-17-23(29-12-10-27(3)11-13-29)20-6-7-22-21(16-20)8-9-28(22)4/h6-7,14-16,23,26H,8-13,17H2,1-5H3/t23-/m0/s1. The van der Waals surface area contributed by atoms with Crippen LogP contribution in [-0.4, -0.2) is 78.7 Å². The van der Waals surface area contributed by atoms with E-state index in [1.54, 1.807) is 12.1 Å². The molecule has 2 aliphatic rings. The Balaban J connectivity index is 1.62. The molecule has 0 saturated carbocycles. The molecule has 8 heteroatoms. The fourth-order valence-corrected chi connectivity index (χ4v) is 6.06. The van der Waals surface area contributed by atoms with E-state index in [1.165, 1.54) is 23.9 Å². The number of aryl methyl sites for hydroxylation is 2. The van der Waals surface area contributed by atoms with Crippen molar-refractivity contribution in [2.75, 3.05) is 65.4 Å². The number of methoxy groups -OCH3 is 1. The highest BCUT2D eigenvalue weighted by atomic mass is 32.2. The zero-order valence-electron chi connectivity index (χ0n) is 20.4. The van der Waals surface area contributed by atoms with Gasteiger partial charge in [-0.2, -0.15) is 0 Å². The molecule has 2 aromatic carbocycles. The lowest BCUT2D eigenvalue weighted by Crippen LogP contribution is -2.48. The van der Waals surface area contributed by atoms with Gasteiger partial charge in [0.05, 0.1) is 7.11 Å². The Bertz CT molecular complexity index is 1110. The molecule has 1 atom stereocenters. The van der Waals surface area contributed by atoms with E-state index < -0.39 is 10.0 Å². The fourth-order valence-electron chi connectivity index (χ4n) is 4.78. The number of benzene rings is 2. The minimum atomic E-state index is -3.74. The van der Waals surface area contributed by atoms with Gasteiger partial charge >= 0.3 is 0 Å². The van der Waals surface area contributed by atoms with Crippen LogP contribution in [-0.2, 0) is 16.4 Å². The molecule has 4 rings (SSSR count). The molecule has 0 amide bonds. The van der Waals surface area contributed by atoms with E-state index in [9.17, 15) is 8.42 Å². The summed E-state index contributed by atoms with van der Waals surface area (Å²) in [5.41, 5.74) is 5.71. The molecule has 33 heavy (non-hydrogen) atoms. The Morgan fingerprint density at radius 3 is 2.39 bits per heavy atom. The van der Waals surface area contributed by atoms with Gasteiger partial charge in [0.25, 0.3) is 0 Å². The van der Waals surface area contributed by atoms with E-state index in [-0.39, 0.29) is 10.9 Å². The van der Waals surface area contributed by atoms with Crippen molar-refractivity contribution in [3.05, 3.63) is 52.6 Å². The highest BCUT2D eigenvalue weighted by Crippen LogP contribution is 2.32. The average molecular weight is 473 g/mol. The third kappa shape index (κ3) is 5.04. The van der Waals surface area contributed by atoms with Crippen molar-refractivity contribution in [3.8, 4) is 5.75 Å². The number of sulfonamides is 1. The molecule has 2 aromatic rings. The highest BCUT2D eigenvalue weighted by Gasteiger charge is 2.28. The largest absolute Gasteiger partial charge is 0.495 e. The maximum atomic E-state index is 13.4. The number of anilines is 1. The lowest BCUT2D eigenvalue weighted by atomic mass is 10.0. The zero-order valence-corrected chi connectivity index (χ0v) is 21.2. The van der Waals surface area contributed by atoms with Gasteiger partial charge in [-0.25, -0.2) is 13.1 Å². The van der Waals surface area contributed by atoms with Crippen LogP contribution >= 0.6 is 0 Å². The Hall–Kier alpha value is -2.13. The first kappa shape index (κ1) is 24.0. The van der Waals surface area contributed by atoms with E-state index >= 15 is 0 Å². The molecule has 0 aromatic heterocycles. The van der Waals surface area contributed by atoms with Gasteiger partial charge in [0.15, 0.2) is 0 Å². The van der Waals surface area contributed by atoms with E-state index in [4.69, 9.17) is 4.74 Å². The van der Waals surface area contributed by atoms with Crippen LogP contribution < -0.4 is 14.4 Å². The van der Waals surface area contributed by atoms with Crippen LogP contribution in [0.2, 0.25) is 0 Å². The summed E-state index contributed by atoms with van der Waals surface area (Å²) in [6.45, 7) is 8.98. The molecule has 0 radical (unpaired) electrons. The van der Waals surface area contributed by atoms with Crippen LogP contribution in [0.15, 0.2) is 35.2 Å². The molecule has 0 spiro atoms. The summed E-state index contributed by atoms with van der Waals surface area (Å²) in [5, 5.41) is 0. The molecule has 1 saturated heterocycles. The van der Waals surface area contributed by atoms with Crippen molar-refractivity contribution < 1.29 is 13.2 Å².